The molecule has 192 valence electrons. The number of anilines is 3. The van der Waals surface area contributed by atoms with Gasteiger partial charge in [-0.15, -0.1) is 0 Å². The molecule has 0 unspecified atom stereocenters. The van der Waals surface area contributed by atoms with Gasteiger partial charge in [-0.3, -0.25) is 4.40 Å². The Morgan fingerprint density at radius 1 is 0.973 bits per heavy atom. The molecule has 0 bridgehead atoms. The minimum Gasteiger partial charge on any atom is -0.393 e. The number of halogens is 3. The normalized spacial score (nSPS) is 17.9. The first kappa shape index (κ1) is 24.6. The molecule has 2 aromatic heterocycles. The Morgan fingerprint density at radius 2 is 1.68 bits per heavy atom. The second kappa shape index (κ2) is 10.1. The maximum absolute atomic E-state index is 12.9. The van der Waals surface area contributed by atoms with Gasteiger partial charge < -0.3 is 21.1 Å². The Bertz CT molecular complexity index is 1410. The van der Waals surface area contributed by atoms with Crippen molar-refractivity contribution in [2.24, 2.45) is 0 Å². The van der Waals surface area contributed by atoms with E-state index in [0.717, 1.165) is 49.1 Å². The van der Waals surface area contributed by atoms with Gasteiger partial charge in [-0.2, -0.15) is 13.2 Å². The van der Waals surface area contributed by atoms with Gasteiger partial charge in [0, 0.05) is 35.4 Å². The molecule has 37 heavy (non-hydrogen) atoms. The number of urea groups is 1. The second-order valence-corrected chi connectivity index (χ2v) is 9.00. The van der Waals surface area contributed by atoms with Gasteiger partial charge in [-0.05, 0) is 56.0 Å². The highest BCUT2D eigenvalue weighted by molar-refractivity contribution is 6.00. The van der Waals surface area contributed by atoms with Crippen LogP contribution < -0.4 is 16.0 Å². The van der Waals surface area contributed by atoms with Gasteiger partial charge in [-0.1, -0.05) is 18.2 Å². The topological polar surface area (TPSA) is 104 Å². The molecule has 0 spiro atoms. The first-order valence-electron chi connectivity index (χ1n) is 11.9. The number of alkyl halides is 3. The molecule has 2 heterocycles. The van der Waals surface area contributed by atoms with Crippen LogP contribution in [0.1, 0.15) is 31.2 Å². The fourth-order valence-electron chi connectivity index (χ4n) is 4.47. The molecule has 4 aromatic rings. The Hall–Kier alpha value is -4.12. The lowest BCUT2D eigenvalue weighted by atomic mass is 9.93. The van der Waals surface area contributed by atoms with Crippen LogP contribution >= 0.6 is 0 Å². The summed E-state index contributed by atoms with van der Waals surface area (Å²) in [6, 6.07) is 11.0. The number of rotatable bonds is 5. The van der Waals surface area contributed by atoms with Crippen LogP contribution in [-0.2, 0) is 6.18 Å². The zero-order valence-corrected chi connectivity index (χ0v) is 19.7. The fourth-order valence-corrected chi connectivity index (χ4v) is 4.47. The van der Waals surface area contributed by atoms with Gasteiger partial charge in [0.2, 0.25) is 0 Å². The molecule has 11 heteroatoms. The molecule has 5 rings (SSSR count). The summed E-state index contributed by atoms with van der Waals surface area (Å²) < 4.78 is 40.7. The number of imidazole rings is 1. The number of nitrogens with zero attached hydrogens (tertiary/aromatic N) is 3. The third kappa shape index (κ3) is 5.67. The fraction of sp³-hybridized carbons (Fsp3) is 0.269. The van der Waals surface area contributed by atoms with Crippen LogP contribution in [0.3, 0.4) is 0 Å². The van der Waals surface area contributed by atoms with E-state index < -0.39 is 17.8 Å². The summed E-state index contributed by atoms with van der Waals surface area (Å²) in [6.45, 7) is 0. The summed E-state index contributed by atoms with van der Waals surface area (Å²) in [6.07, 6.45) is 3.69. The second-order valence-electron chi connectivity index (χ2n) is 9.00. The van der Waals surface area contributed by atoms with Gasteiger partial charge in [0.15, 0.2) is 11.5 Å². The number of benzene rings is 2. The molecule has 0 atom stereocenters. The maximum atomic E-state index is 12.9. The van der Waals surface area contributed by atoms with Gasteiger partial charge >= 0.3 is 12.2 Å². The van der Waals surface area contributed by atoms with E-state index in [2.05, 4.69) is 25.9 Å². The average molecular weight is 511 g/mol. The lowest BCUT2D eigenvalue weighted by Crippen LogP contribution is -2.28. The van der Waals surface area contributed by atoms with Crippen molar-refractivity contribution in [2.75, 3.05) is 16.0 Å². The molecule has 8 nitrogen and oxygen atoms in total. The van der Waals surface area contributed by atoms with Crippen molar-refractivity contribution >= 4 is 28.9 Å². The van der Waals surface area contributed by atoms with E-state index >= 15 is 0 Å². The standard InChI is InChI=1S/C26H25F3N6O2/c27-26(28,29)17-4-2-6-20(14-17)34-25(37)33-19-5-1-3-16(13-19)22-15-31-23(24-30-11-12-35(22)24)32-18-7-9-21(36)10-8-18/h1-6,11-15,18,21,36H,7-10H2,(H,31,32)(H2,33,34,37). The number of amides is 2. The summed E-state index contributed by atoms with van der Waals surface area (Å²) >= 11 is 0. The largest absolute Gasteiger partial charge is 0.416 e. The van der Waals surface area contributed by atoms with E-state index in [4.69, 9.17) is 0 Å². The highest BCUT2D eigenvalue weighted by Crippen LogP contribution is 2.31. The van der Waals surface area contributed by atoms with Crippen LogP contribution in [0.5, 0.6) is 0 Å². The van der Waals surface area contributed by atoms with Crippen molar-refractivity contribution in [1.82, 2.24) is 14.4 Å². The number of nitrogens with one attached hydrogen (secondary N) is 3. The monoisotopic (exact) mass is 510 g/mol. The first-order chi connectivity index (χ1) is 17.8. The van der Waals surface area contributed by atoms with E-state index in [0.29, 0.717) is 17.2 Å². The van der Waals surface area contributed by atoms with Crippen molar-refractivity contribution in [3.8, 4) is 11.3 Å². The number of hydrogen-bond donors (Lipinski definition) is 4. The Balaban J connectivity index is 1.32. The molecule has 1 aliphatic rings. The number of carbonyl (C=O) groups is 1. The minimum atomic E-state index is -4.50. The molecule has 1 aliphatic carbocycles. The van der Waals surface area contributed by atoms with Crippen molar-refractivity contribution in [1.29, 1.82) is 0 Å². The highest BCUT2D eigenvalue weighted by atomic mass is 19.4. The third-order valence-corrected chi connectivity index (χ3v) is 6.33. The smallest absolute Gasteiger partial charge is 0.393 e. The van der Waals surface area contributed by atoms with Crippen LogP contribution in [0.2, 0.25) is 0 Å². The summed E-state index contributed by atoms with van der Waals surface area (Å²) in [4.78, 5) is 21.5. The summed E-state index contributed by atoms with van der Waals surface area (Å²) in [5, 5.41) is 18.3. The van der Waals surface area contributed by atoms with Crippen molar-refractivity contribution in [3.63, 3.8) is 0 Å². The number of hydrogen-bond acceptors (Lipinski definition) is 5. The maximum Gasteiger partial charge on any atom is 0.416 e. The zero-order valence-electron chi connectivity index (χ0n) is 19.7. The molecule has 0 aliphatic heterocycles. The number of carbonyl (C=O) groups excluding carboxylic acids is 1. The molecule has 2 amide bonds. The van der Waals surface area contributed by atoms with Crippen LogP contribution in [0.15, 0.2) is 67.1 Å². The van der Waals surface area contributed by atoms with Gasteiger partial charge in [0.25, 0.3) is 0 Å². The third-order valence-electron chi connectivity index (χ3n) is 6.33. The molecule has 1 saturated carbocycles. The number of aliphatic hydroxyl groups is 1. The molecule has 2 aromatic carbocycles. The van der Waals surface area contributed by atoms with Crippen LogP contribution in [0.25, 0.3) is 16.9 Å². The lowest BCUT2D eigenvalue weighted by Gasteiger charge is -2.26. The Morgan fingerprint density at radius 3 is 2.41 bits per heavy atom. The van der Waals surface area contributed by atoms with Crippen LogP contribution in [0, 0.1) is 0 Å². The van der Waals surface area contributed by atoms with E-state index in [1.807, 2.05) is 16.7 Å². The predicted octanol–water partition coefficient (Wildman–Crippen LogP) is 5.77. The molecule has 0 radical (unpaired) electrons. The van der Waals surface area contributed by atoms with Gasteiger partial charge in [0.1, 0.15) is 0 Å². The summed E-state index contributed by atoms with van der Waals surface area (Å²) in [5.41, 5.74) is 1.81. The minimum absolute atomic E-state index is 0.0309. The Kier molecular flexibility index (Phi) is 6.70. The molecule has 0 saturated heterocycles. The quantitative estimate of drug-likeness (QED) is 0.273. The molecular formula is C26H25F3N6O2. The Labute approximate surface area is 210 Å². The van der Waals surface area contributed by atoms with E-state index in [1.165, 1.54) is 12.1 Å². The summed E-state index contributed by atoms with van der Waals surface area (Å²) in [5.74, 6) is 0.657. The van der Waals surface area contributed by atoms with Crippen molar-refractivity contribution in [2.45, 2.75) is 44.0 Å². The SMILES string of the molecule is O=C(Nc1cccc(-c2cnc(NC3CCC(O)CC3)c3nccn23)c1)Nc1cccc(C(F)(F)F)c1. The lowest BCUT2D eigenvalue weighted by molar-refractivity contribution is -0.137. The zero-order chi connectivity index (χ0) is 26.0. The first-order valence-corrected chi connectivity index (χ1v) is 11.9. The van der Waals surface area contributed by atoms with Crippen molar-refractivity contribution < 1.29 is 23.1 Å². The van der Waals surface area contributed by atoms with Gasteiger partial charge in [0.05, 0.1) is 23.6 Å². The molecule has 4 N–H and O–H groups in total. The number of fused-ring (bicyclic) bond motifs is 1. The van der Waals surface area contributed by atoms with Crippen molar-refractivity contribution in [3.05, 3.63) is 72.7 Å². The van der Waals surface area contributed by atoms with E-state index in [9.17, 15) is 23.1 Å². The molecular weight excluding hydrogens is 485 g/mol. The van der Waals surface area contributed by atoms with Crippen LogP contribution in [-0.4, -0.2) is 37.7 Å². The highest BCUT2D eigenvalue weighted by Gasteiger charge is 2.30. The summed E-state index contributed by atoms with van der Waals surface area (Å²) in [7, 11) is 0. The average Bonchev–Trinajstić information content (AvgIpc) is 3.36. The van der Waals surface area contributed by atoms with E-state index in [-0.39, 0.29) is 17.8 Å². The number of aliphatic hydroxyl groups excluding tert-OH is 1. The van der Waals surface area contributed by atoms with Gasteiger partial charge in [-0.25, -0.2) is 14.8 Å². The predicted molar refractivity (Wildman–Crippen MR) is 134 cm³/mol. The van der Waals surface area contributed by atoms with E-state index in [1.54, 1.807) is 30.6 Å². The number of aromatic nitrogens is 3. The van der Waals surface area contributed by atoms with Crippen LogP contribution in [0.4, 0.5) is 35.2 Å². The molecule has 1 fully saturated rings.